The summed E-state index contributed by atoms with van der Waals surface area (Å²) in [5.74, 6) is -1.77. The minimum atomic E-state index is -5.10. The van der Waals surface area contributed by atoms with Crippen molar-refractivity contribution in [1.29, 1.82) is 0 Å². The molecule has 1 saturated heterocycles. The van der Waals surface area contributed by atoms with E-state index in [9.17, 15) is 35.5 Å². The molecule has 188 valence electrons. The molecule has 13 heteroatoms. The largest absolute Gasteiger partial charge is 0.416 e. The van der Waals surface area contributed by atoms with Gasteiger partial charge in [-0.25, -0.2) is 9.37 Å². The van der Waals surface area contributed by atoms with Crippen molar-refractivity contribution in [2.24, 2.45) is 0 Å². The minimum absolute atomic E-state index is 0.0330. The van der Waals surface area contributed by atoms with Crippen molar-refractivity contribution >= 4 is 32.6 Å². The van der Waals surface area contributed by atoms with Gasteiger partial charge in [0.15, 0.2) is 5.13 Å². The molecule has 2 aromatic carbocycles. The van der Waals surface area contributed by atoms with E-state index in [4.69, 9.17) is 4.74 Å². The number of para-hydroxylation sites is 1. The summed E-state index contributed by atoms with van der Waals surface area (Å²) in [6.07, 6.45) is -10.2. The maximum absolute atomic E-state index is 14.2. The van der Waals surface area contributed by atoms with Crippen LogP contribution >= 0.6 is 11.3 Å². The van der Waals surface area contributed by atoms with Gasteiger partial charge in [0.05, 0.1) is 29.0 Å². The van der Waals surface area contributed by atoms with Crippen LogP contribution in [-0.2, 0) is 17.1 Å². The molecule has 1 aromatic heterocycles. The van der Waals surface area contributed by atoms with E-state index in [1.54, 1.807) is 6.07 Å². The van der Waals surface area contributed by atoms with Gasteiger partial charge < -0.3 is 4.74 Å². The van der Waals surface area contributed by atoms with Gasteiger partial charge in [-0.2, -0.15) is 26.3 Å². The number of carbonyl (C=O) groups excluding carboxylic acids is 1. The second-order valence-corrected chi connectivity index (χ2v) is 8.80. The predicted octanol–water partition coefficient (Wildman–Crippen LogP) is 5.45. The van der Waals surface area contributed by atoms with Gasteiger partial charge in [-0.05, 0) is 30.3 Å². The highest BCUT2D eigenvalue weighted by atomic mass is 32.1. The van der Waals surface area contributed by atoms with E-state index in [0.717, 1.165) is 22.3 Å². The summed E-state index contributed by atoms with van der Waals surface area (Å²) in [5.41, 5.74) is -4.04. The summed E-state index contributed by atoms with van der Waals surface area (Å²) in [6, 6.07) is 4.87. The predicted molar refractivity (Wildman–Crippen MR) is 115 cm³/mol. The molecule has 0 radical (unpaired) electrons. The normalized spacial score (nSPS) is 15.5. The average molecular weight is 521 g/mol. The summed E-state index contributed by atoms with van der Waals surface area (Å²) in [5, 5.41) is -0.0330. The van der Waals surface area contributed by atoms with Crippen LogP contribution in [0.2, 0.25) is 0 Å². The number of nitrogens with zero attached hydrogens (tertiary/aromatic N) is 3. The van der Waals surface area contributed by atoms with Crippen molar-refractivity contribution < 1.29 is 40.3 Å². The molecule has 35 heavy (non-hydrogen) atoms. The Labute approximate surface area is 198 Å². The van der Waals surface area contributed by atoms with Crippen molar-refractivity contribution in [3.8, 4) is 0 Å². The molecule has 0 unspecified atom stereocenters. The maximum atomic E-state index is 14.2. The van der Waals surface area contributed by atoms with Gasteiger partial charge in [0.1, 0.15) is 11.3 Å². The van der Waals surface area contributed by atoms with Crippen LogP contribution in [-0.4, -0.2) is 55.2 Å². The molecule has 0 saturated carbocycles. The fourth-order valence-electron chi connectivity index (χ4n) is 3.60. The molecule has 1 aliphatic heterocycles. The molecule has 3 aromatic rings. The zero-order chi connectivity index (χ0) is 25.4. The molecule has 0 bridgehead atoms. The third-order valence-corrected chi connectivity index (χ3v) is 6.46. The van der Waals surface area contributed by atoms with Gasteiger partial charge in [0.25, 0.3) is 5.91 Å². The van der Waals surface area contributed by atoms with Crippen LogP contribution < -0.4 is 4.90 Å². The number of rotatable bonds is 5. The number of carbonyl (C=O) groups is 1. The first-order valence-electron chi connectivity index (χ1n) is 10.4. The number of benzene rings is 2. The van der Waals surface area contributed by atoms with Crippen LogP contribution in [0.15, 0.2) is 36.4 Å². The topological polar surface area (TPSA) is 45.7 Å². The molecule has 2 heterocycles. The van der Waals surface area contributed by atoms with Gasteiger partial charge in [0, 0.05) is 31.7 Å². The Hall–Kier alpha value is -2.77. The number of ether oxygens (including phenoxy) is 1. The third-order valence-electron chi connectivity index (χ3n) is 5.41. The summed E-state index contributed by atoms with van der Waals surface area (Å²) in [6.45, 7) is 2.15. The van der Waals surface area contributed by atoms with E-state index >= 15 is 0 Å². The number of thiazole rings is 1. The number of anilines is 1. The Morgan fingerprint density at radius 3 is 2.23 bits per heavy atom. The number of fused-ring (bicyclic) bond motifs is 1. The van der Waals surface area contributed by atoms with Crippen LogP contribution in [0.1, 0.15) is 21.5 Å². The molecule has 4 rings (SSSR count). The van der Waals surface area contributed by atoms with Crippen molar-refractivity contribution in [2.45, 2.75) is 12.4 Å². The van der Waals surface area contributed by atoms with E-state index in [2.05, 4.69) is 4.98 Å². The number of hydrogen-bond donors (Lipinski definition) is 0. The van der Waals surface area contributed by atoms with Gasteiger partial charge in [-0.1, -0.05) is 17.4 Å². The zero-order valence-electron chi connectivity index (χ0n) is 17.9. The lowest BCUT2D eigenvalue weighted by Gasteiger charge is -2.29. The summed E-state index contributed by atoms with van der Waals surface area (Å²) < 4.78 is 99.9. The minimum Gasteiger partial charge on any atom is -0.379 e. The number of morpholine rings is 1. The second-order valence-electron chi connectivity index (χ2n) is 7.79. The van der Waals surface area contributed by atoms with E-state index in [-0.39, 0.29) is 29.8 Å². The van der Waals surface area contributed by atoms with Gasteiger partial charge in [0.2, 0.25) is 0 Å². The van der Waals surface area contributed by atoms with E-state index in [0.29, 0.717) is 43.1 Å². The smallest absolute Gasteiger partial charge is 0.379 e. The molecule has 5 nitrogen and oxygen atoms in total. The summed E-state index contributed by atoms with van der Waals surface area (Å²) in [7, 11) is 0. The van der Waals surface area contributed by atoms with Crippen molar-refractivity contribution in [1.82, 2.24) is 9.88 Å². The number of halogens is 7. The van der Waals surface area contributed by atoms with Crippen LogP contribution in [0.25, 0.3) is 10.2 Å². The summed E-state index contributed by atoms with van der Waals surface area (Å²) >= 11 is 0.915. The lowest BCUT2D eigenvalue weighted by molar-refractivity contribution is -0.143. The van der Waals surface area contributed by atoms with Gasteiger partial charge in [-0.3, -0.25) is 14.6 Å². The van der Waals surface area contributed by atoms with Crippen LogP contribution in [0.5, 0.6) is 0 Å². The fourth-order valence-corrected chi connectivity index (χ4v) is 4.61. The molecular formula is C22H18F7N3O2S. The summed E-state index contributed by atoms with van der Waals surface area (Å²) in [4.78, 5) is 20.4. The molecule has 0 spiro atoms. The highest BCUT2D eigenvalue weighted by Gasteiger charge is 2.38. The van der Waals surface area contributed by atoms with Crippen LogP contribution in [0.4, 0.5) is 35.9 Å². The molecule has 1 amide bonds. The van der Waals surface area contributed by atoms with Gasteiger partial charge >= 0.3 is 12.4 Å². The lowest BCUT2D eigenvalue weighted by atomic mass is 10.0. The first-order chi connectivity index (χ1) is 16.4. The van der Waals surface area contributed by atoms with Crippen LogP contribution in [0.3, 0.4) is 0 Å². The Bertz CT molecular complexity index is 1190. The molecule has 1 aliphatic rings. The average Bonchev–Trinajstić information content (AvgIpc) is 3.24. The fraction of sp³-hybridized carbons (Fsp3) is 0.364. The Kier molecular flexibility index (Phi) is 7.02. The number of aromatic nitrogens is 1. The zero-order valence-corrected chi connectivity index (χ0v) is 18.7. The quantitative estimate of drug-likeness (QED) is 0.419. The van der Waals surface area contributed by atoms with Crippen LogP contribution in [0, 0.1) is 5.82 Å². The molecule has 0 aliphatic carbocycles. The molecular weight excluding hydrogens is 503 g/mol. The monoisotopic (exact) mass is 521 g/mol. The highest BCUT2D eigenvalue weighted by Crippen LogP contribution is 2.37. The SMILES string of the molecule is O=C(c1cc(C(F)(F)F)cc(C(F)(F)F)c1)N(CCN1CCOCC1)c1nc2c(F)cccc2s1. The Balaban J connectivity index is 1.75. The third kappa shape index (κ3) is 5.73. The highest BCUT2D eigenvalue weighted by molar-refractivity contribution is 7.22. The van der Waals surface area contributed by atoms with E-state index in [1.807, 2.05) is 4.90 Å². The van der Waals surface area contributed by atoms with Crippen molar-refractivity contribution in [3.63, 3.8) is 0 Å². The van der Waals surface area contributed by atoms with E-state index < -0.39 is 40.8 Å². The Morgan fingerprint density at radius 2 is 1.66 bits per heavy atom. The number of amides is 1. The van der Waals surface area contributed by atoms with E-state index in [1.165, 1.54) is 6.07 Å². The number of hydrogen-bond acceptors (Lipinski definition) is 5. The second kappa shape index (κ2) is 9.70. The first-order valence-corrected chi connectivity index (χ1v) is 11.2. The number of alkyl halides is 6. The molecule has 0 N–H and O–H groups in total. The Morgan fingerprint density at radius 1 is 1.03 bits per heavy atom. The standard InChI is InChI=1S/C22H18F7N3O2S/c23-16-2-1-3-17-18(16)30-20(35-17)32(5-4-31-6-8-34-9-7-31)19(33)13-10-14(21(24,25)26)12-15(11-13)22(27,28)29/h1-3,10-12H,4-9H2. The van der Waals surface area contributed by atoms with Crippen molar-refractivity contribution in [2.75, 3.05) is 44.3 Å². The molecule has 0 atom stereocenters. The van der Waals surface area contributed by atoms with Crippen molar-refractivity contribution in [3.05, 3.63) is 58.9 Å². The first kappa shape index (κ1) is 25.3. The maximum Gasteiger partial charge on any atom is 0.416 e. The molecule has 1 fully saturated rings. The van der Waals surface area contributed by atoms with Gasteiger partial charge in [-0.15, -0.1) is 0 Å². The lowest BCUT2D eigenvalue weighted by Crippen LogP contribution is -2.43.